The first kappa shape index (κ1) is 25.7. The molecular weight excluding hydrogens is 528 g/mol. The van der Waals surface area contributed by atoms with Gasteiger partial charge in [0.1, 0.15) is 12.4 Å². The molecule has 0 N–H and O–H groups in total. The van der Waals surface area contributed by atoms with Crippen LogP contribution < -0.4 is 4.90 Å². The van der Waals surface area contributed by atoms with Gasteiger partial charge in [0.2, 0.25) is 11.8 Å². The summed E-state index contributed by atoms with van der Waals surface area (Å²) < 4.78 is 1.77. The number of carbonyl (C=O) groups excluding carboxylic acids is 2. The SMILES string of the molecule is Cc1cccc([C@H]2SCC(=O)N(CC(=O)N3CCCC3)c3c2c(-c2ccccc2)nn3-c2ccccc2Cl)c1. The third kappa shape index (κ3) is 4.97. The third-order valence-electron chi connectivity index (χ3n) is 7.31. The van der Waals surface area contributed by atoms with E-state index in [1.54, 1.807) is 21.3 Å². The van der Waals surface area contributed by atoms with E-state index in [1.165, 1.54) is 0 Å². The summed E-state index contributed by atoms with van der Waals surface area (Å²) in [5.74, 6) is 0.698. The van der Waals surface area contributed by atoms with Crippen LogP contribution in [0, 0.1) is 6.92 Å². The van der Waals surface area contributed by atoms with E-state index in [1.807, 2.05) is 65.6 Å². The number of nitrogens with zero attached hydrogens (tertiary/aromatic N) is 4. The Labute approximate surface area is 237 Å². The number of hydrogen-bond acceptors (Lipinski definition) is 4. The van der Waals surface area contributed by atoms with Crippen LogP contribution in [-0.4, -0.2) is 51.9 Å². The predicted octanol–water partition coefficient (Wildman–Crippen LogP) is 6.29. The Bertz CT molecular complexity index is 1530. The number of aryl methyl sites for hydroxylation is 1. The van der Waals surface area contributed by atoms with Crippen LogP contribution in [0.2, 0.25) is 5.02 Å². The fourth-order valence-electron chi connectivity index (χ4n) is 5.42. The highest BCUT2D eigenvalue weighted by atomic mass is 35.5. The van der Waals surface area contributed by atoms with Crippen molar-refractivity contribution in [1.82, 2.24) is 14.7 Å². The van der Waals surface area contributed by atoms with Crippen molar-refractivity contribution in [2.24, 2.45) is 0 Å². The van der Waals surface area contributed by atoms with E-state index in [4.69, 9.17) is 16.7 Å². The highest BCUT2D eigenvalue weighted by molar-refractivity contribution is 8.00. The van der Waals surface area contributed by atoms with Crippen LogP contribution in [-0.2, 0) is 9.59 Å². The molecule has 0 radical (unpaired) electrons. The van der Waals surface area contributed by atoms with Gasteiger partial charge in [-0.1, -0.05) is 83.9 Å². The molecule has 0 unspecified atom stereocenters. The number of thioether (sulfide) groups is 1. The molecule has 2 aliphatic rings. The quantitative estimate of drug-likeness (QED) is 0.290. The van der Waals surface area contributed by atoms with Crippen molar-refractivity contribution in [2.45, 2.75) is 25.0 Å². The van der Waals surface area contributed by atoms with Crippen LogP contribution in [0.4, 0.5) is 5.82 Å². The summed E-state index contributed by atoms with van der Waals surface area (Å²) in [4.78, 5) is 30.8. The number of benzene rings is 3. The number of amides is 2. The average molecular weight is 557 g/mol. The van der Waals surface area contributed by atoms with Gasteiger partial charge in [-0.3, -0.25) is 14.5 Å². The number of hydrogen-bond donors (Lipinski definition) is 0. The van der Waals surface area contributed by atoms with Crippen LogP contribution in [0.3, 0.4) is 0 Å². The number of para-hydroxylation sites is 1. The van der Waals surface area contributed by atoms with Gasteiger partial charge in [-0.15, -0.1) is 11.8 Å². The van der Waals surface area contributed by atoms with Crippen LogP contribution >= 0.6 is 23.4 Å². The number of likely N-dealkylation sites (tertiary alicyclic amines) is 1. The van der Waals surface area contributed by atoms with Crippen molar-refractivity contribution < 1.29 is 9.59 Å². The van der Waals surface area contributed by atoms with E-state index < -0.39 is 0 Å². The van der Waals surface area contributed by atoms with Crippen molar-refractivity contribution in [3.63, 3.8) is 0 Å². The standard InChI is InChI=1S/C31H29ClN4O2S/c1-21-10-9-13-23(18-21)30-28-29(22-11-3-2-4-12-22)33-36(25-15-6-5-14-24(25)32)31(28)35(27(38)20-39-30)19-26(37)34-16-7-8-17-34/h2-6,9-15,18,30H,7-8,16-17,19-20H2,1H3/t30-/m1/s1. The average Bonchev–Trinajstić information content (AvgIpc) is 3.59. The van der Waals surface area contributed by atoms with Gasteiger partial charge in [0.15, 0.2) is 0 Å². The molecule has 2 aliphatic heterocycles. The van der Waals surface area contributed by atoms with Crippen LogP contribution in [0.25, 0.3) is 16.9 Å². The van der Waals surface area contributed by atoms with Gasteiger partial charge in [-0.05, 0) is 37.5 Å². The number of halogens is 1. The molecule has 1 saturated heterocycles. The minimum Gasteiger partial charge on any atom is -0.341 e. The lowest BCUT2D eigenvalue weighted by Gasteiger charge is -2.25. The lowest BCUT2D eigenvalue weighted by Crippen LogP contribution is -2.43. The summed E-state index contributed by atoms with van der Waals surface area (Å²) in [6.07, 6.45) is 1.98. The molecule has 3 aromatic carbocycles. The van der Waals surface area contributed by atoms with Crippen molar-refractivity contribution in [1.29, 1.82) is 0 Å². The molecule has 1 fully saturated rings. The van der Waals surface area contributed by atoms with E-state index in [2.05, 4.69) is 25.1 Å². The minimum atomic E-state index is -0.165. The number of fused-ring (bicyclic) bond motifs is 1. The Balaban J connectivity index is 1.62. The normalized spacial score (nSPS) is 17.3. The summed E-state index contributed by atoms with van der Waals surface area (Å²) in [5.41, 5.74) is 5.54. The first-order chi connectivity index (χ1) is 19.0. The number of carbonyl (C=O) groups is 2. The molecule has 6 rings (SSSR count). The Morgan fingerprint density at radius 3 is 2.49 bits per heavy atom. The first-order valence-electron chi connectivity index (χ1n) is 13.2. The van der Waals surface area contributed by atoms with Crippen molar-refractivity contribution >= 4 is 41.0 Å². The molecule has 0 saturated carbocycles. The van der Waals surface area contributed by atoms with E-state index in [0.29, 0.717) is 16.5 Å². The van der Waals surface area contributed by atoms with Gasteiger partial charge in [-0.2, -0.15) is 5.10 Å². The Hall–Kier alpha value is -3.55. The highest BCUT2D eigenvalue weighted by Gasteiger charge is 2.38. The molecule has 8 heteroatoms. The van der Waals surface area contributed by atoms with Crippen molar-refractivity contribution in [2.75, 3.05) is 30.3 Å². The van der Waals surface area contributed by atoms with Crippen molar-refractivity contribution in [3.05, 3.63) is 101 Å². The van der Waals surface area contributed by atoms with Gasteiger partial charge in [0.05, 0.1) is 27.4 Å². The largest absolute Gasteiger partial charge is 0.341 e. The number of anilines is 1. The Kier molecular flexibility index (Phi) is 7.19. The summed E-state index contributed by atoms with van der Waals surface area (Å²) in [5, 5.41) is 5.48. The van der Waals surface area contributed by atoms with E-state index >= 15 is 0 Å². The Morgan fingerprint density at radius 1 is 1.00 bits per heavy atom. The molecule has 1 atom stereocenters. The fraction of sp³-hybridized carbons (Fsp3) is 0.258. The molecule has 6 nitrogen and oxygen atoms in total. The van der Waals surface area contributed by atoms with Crippen LogP contribution in [0.15, 0.2) is 78.9 Å². The van der Waals surface area contributed by atoms with Gasteiger partial charge >= 0.3 is 0 Å². The predicted molar refractivity (Wildman–Crippen MR) is 158 cm³/mol. The zero-order valence-electron chi connectivity index (χ0n) is 21.7. The maximum atomic E-state index is 13.8. The highest BCUT2D eigenvalue weighted by Crippen LogP contribution is 2.49. The van der Waals surface area contributed by atoms with Crippen molar-refractivity contribution in [3.8, 4) is 16.9 Å². The molecule has 0 spiro atoms. The number of rotatable bonds is 5. The molecule has 3 heterocycles. The first-order valence-corrected chi connectivity index (χ1v) is 14.6. The van der Waals surface area contributed by atoms with E-state index in [9.17, 15) is 9.59 Å². The second-order valence-electron chi connectivity index (χ2n) is 9.99. The second-order valence-corrected chi connectivity index (χ2v) is 11.5. The lowest BCUT2D eigenvalue weighted by molar-refractivity contribution is -0.130. The molecule has 39 heavy (non-hydrogen) atoms. The fourth-order valence-corrected chi connectivity index (χ4v) is 6.82. The lowest BCUT2D eigenvalue weighted by atomic mass is 9.98. The third-order valence-corrected chi connectivity index (χ3v) is 8.89. The van der Waals surface area contributed by atoms with Gasteiger partial charge in [0.25, 0.3) is 0 Å². The molecule has 1 aromatic heterocycles. The minimum absolute atomic E-state index is 0.0304. The smallest absolute Gasteiger partial charge is 0.242 e. The molecule has 198 valence electrons. The summed E-state index contributed by atoms with van der Waals surface area (Å²) in [7, 11) is 0. The van der Waals surface area contributed by atoms with E-state index in [-0.39, 0.29) is 29.4 Å². The zero-order valence-corrected chi connectivity index (χ0v) is 23.3. The second kappa shape index (κ2) is 10.9. The number of aromatic nitrogens is 2. The molecular formula is C31H29ClN4O2S. The van der Waals surface area contributed by atoms with Crippen LogP contribution in [0.5, 0.6) is 0 Å². The molecule has 2 amide bonds. The zero-order chi connectivity index (χ0) is 26.9. The maximum absolute atomic E-state index is 13.8. The topological polar surface area (TPSA) is 58.4 Å². The molecule has 0 bridgehead atoms. The van der Waals surface area contributed by atoms with Gasteiger partial charge in [-0.25, -0.2) is 4.68 Å². The molecule has 4 aromatic rings. The van der Waals surface area contributed by atoms with Gasteiger partial charge < -0.3 is 4.90 Å². The monoisotopic (exact) mass is 556 g/mol. The summed E-state index contributed by atoms with van der Waals surface area (Å²) in [6, 6.07) is 25.9. The maximum Gasteiger partial charge on any atom is 0.242 e. The summed E-state index contributed by atoms with van der Waals surface area (Å²) >= 11 is 8.30. The van der Waals surface area contributed by atoms with Gasteiger partial charge in [0, 0.05) is 24.2 Å². The van der Waals surface area contributed by atoms with E-state index in [0.717, 1.165) is 53.9 Å². The Morgan fingerprint density at radius 2 is 1.74 bits per heavy atom. The summed E-state index contributed by atoms with van der Waals surface area (Å²) in [6.45, 7) is 3.50. The van der Waals surface area contributed by atoms with Crippen LogP contribution in [0.1, 0.15) is 34.8 Å². The molecule has 0 aliphatic carbocycles.